The number of fused-ring (bicyclic) bond motifs is 1. The number of carbonyl (C=O) groups excluding carboxylic acids is 1. The van der Waals surface area contributed by atoms with E-state index in [1.165, 1.54) is 5.56 Å². The highest BCUT2D eigenvalue weighted by atomic mass is 16.2. The predicted octanol–water partition coefficient (Wildman–Crippen LogP) is 3.73. The Hall–Kier alpha value is -3.21. The number of rotatable bonds is 3. The first kappa shape index (κ1) is 15.3. The van der Waals surface area contributed by atoms with Crippen LogP contribution in [0.15, 0.2) is 60.9 Å². The molecule has 1 N–H and O–H groups in total. The van der Waals surface area contributed by atoms with E-state index in [1.54, 1.807) is 18.5 Å². The zero-order valence-electron chi connectivity index (χ0n) is 13.9. The van der Waals surface area contributed by atoms with Crippen molar-refractivity contribution in [2.75, 3.05) is 16.8 Å². The normalized spacial score (nSPS) is 12.8. The van der Waals surface area contributed by atoms with Gasteiger partial charge in [-0.3, -0.25) is 4.79 Å². The van der Waals surface area contributed by atoms with Crippen LogP contribution in [0.2, 0.25) is 0 Å². The second kappa shape index (κ2) is 6.36. The maximum atomic E-state index is 12.9. The average molecular weight is 330 g/mol. The monoisotopic (exact) mass is 330 g/mol. The van der Waals surface area contributed by atoms with Crippen LogP contribution in [-0.4, -0.2) is 22.4 Å². The lowest BCUT2D eigenvalue weighted by atomic mass is 10.1. The Morgan fingerprint density at radius 2 is 1.80 bits per heavy atom. The molecule has 4 rings (SSSR count). The van der Waals surface area contributed by atoms with E-state index in [2.05, 4.69) is 34.3 Å². The van der Waals surface area contributed by atoms with Crippen LogP contribution < -0.4 is 10.2 Å². The van der Waals surface area contributed by atoms with Crippen LogP contribution in [0.1, 0.15) is 21.5 Å². The van der Waals surface area contributed by atoms with Crippen LogP contribution >= 0.6 is 0 Å². The second-order valence-electron chi connectivity index (χ2n) is 6.06. The fourth-order valence-corrected chi connectivity index (χ4v) is 3.20. The van der Waals surface area contributed by atoms with Crippen LogP contribution in [0, 0.1) is 6.92 Å². The quantitative estimate of drug-likeness (QED) is 0.795. The molecule has 0 unspecified atom stereocenters. The van der Waals surface area contributed by atoms with Crippen molar-refractivity contribution in [3.63, 3.8) is 0 Å². The second-order valence-corrected chi connectivity index (χ2v) is 6.06. The van der Waals surface area contributed by atoms with Crippen molar-refractivity contribution in [1.82, 2.24) is 9.97 Å². The Balaban J connectivity index is 1.54. The first-order valence-electron chi connectivity index (χ1n) is 8.27. The van der Waals surface area contributed by atoms with E-state index in [9.17, 15) is 4.79 Å². The summed E-state index contributed by atoms with van der Waals surface area (Å²) in [5.41, 5.74) is 4.97. The van der Waals surface area contributed by atoms with Crippen molar-refractivity contribution in [1.29, 1.82) is 0 Å². The predicted molar refractivity (Wildman–Crippen MR) is 98.3 cm³/mol. The summed E-state index contributed by atoms with van der Waals surface area (Å²) in [6.45, 7) is 2.79. The molecule has 0 aliphatic carbocycles. The third-order valence-electron chi connectivity index (χ3n) is 4.39. The van der Waals surface area contributed by atoms with Crippen LogP contribution in [0.4, 0.5) is 17.3 Å². The first-order valence-corrected chi connectivity index (χ1v) is 8.27. The number of hydrogen-bond acceptors (Lipinski definition) is 4. The smallest absolute Gasteiger partial charge is 0.258 e. The van der Waals surface area contributed by atoms with Crippen LogP contribution in [-0.2, 0) is 6.42 Å². The number of aromatic nitrogens is 2. The maximum Gasteiger partial charge on any atom is 0.258 e. The van der Waals surface area contributed by atoms with E-state index in [0.717, 1.165) is 29.9 Å². The summed E-state index contributed by atoms with van der Waals surface area (Å²) in [5.74, 6) is 0.571. The van der Waals surface area contributed by atoms with Crippen LogP contribution in [0.3, 0.4) is 0 Å². The molecule has 0 fully saturated rings. The molecule has 124 valence electrons. The Morgan fingerprint density at radius 3 is 2.56 bits per heavy atom. The molecule has 5 nitrogen and oxygen atoms in total. The lowest BCUT2D eigenvalue weighted by Gasteiger charge is -2.19. The lowest BCUT2D eigenvalue weighted by Crippen LogP contribution is -2.29. The van der Waals surface area contributed by atoms with E-state index in [4.69, 9.17) is 0 Å². The number of anilines is 3. The largest absolute Gasteiger partial charge is 0.324 e. The Labute approximate surface area is 146 Å². The number of hydrogen-bond donors (Lipinski definition) is 1. The number of carbonyl (C=O) groups is 1. The molecule has 0 atom stereocenters. The lowest BCUT2D eigenvalue weighted by molar-refractivity contribution is 0.0989. The molecule has 1 aliphatic rings. The van der Waals surface area contributed by atoms with Gasteiger partial charge in [0.2, 0.25) is 5.95 Å². The molecular weight excluding hydrogens is 312 g/mol. The summed E-state index contributed by atoms with van der Waals surface area (Å²) in [5, 5.41) is 3.12. The molecular formula is C20H18N4O. The molecule has 3 aromatic rings. The van der Waals surface area contributed by atoms with E-state index in [1.807, 2.05) is 35.2 Å². The van der Waals surface area contributed by atoms with Gasteiger partial charge in [0.15, 0.2) is 0 Å². The van der Waals surface area contributed by atoms with Gasteiger partial charge < -0.3 is 10.2 Å². The molecule has 0 saturated carbocycles. The third kappa shape index (κ3) is 2.96. The zero-order valence-corrected chi connectivity index (χ0v) is 13.9. The molecule has 2 aromatic carbocycles. The van der Waals surface area contributed by atoms with Crippen molar-refractivity contribution in [2.24, 2.45) is 0 Å². The van der Waals surface area contributed by atoms with Gasteiger partial charge in [-0.05, 0) is 54.8 Å². The molecule has 25 heavy (non-hydrogen) atoms. The fraction of sp³-hybridized carbons (Fsp3) is 0.150. The van der Waals surface area contributed by atoms with Crippen molar-refractivity contribution < 1.29 is 4.79 Å². The van der Waals surface area contributed by atoms with E-state index < -0.39 is 0 Å². The molecule has 0 saturated heterocycles. The molecule has 0 radical (unpaired) electrons. The first-order chi connectivity index (χ1) is 12.2. The van der Waals surface area contributed by atoms with E-state index >= 15 is 0 Å². The van der Waals surface area contributed by atoms with Gasteiger partial charge in [0.25, 0.3) is 5.91 Å². The van der Waals surface area contributed by atoms with Gasteiger partial charge in [-0.15, -0.1) is 0 Å². The van der Waals surface area contributed by atoms with Crippen LogP contribution in [0.25, 0.3) is 0 Å². The summed E-state index contributed by atoms with van der Waals surface area (Å²) < 4.78 is 0. The van der Waals surface area contributed by atoms with Crippen LogP contribution in [0.5, 0.6) is 0 Å². The van der Waals surface area contributed by atoms with Gasteiger partial charge in [0.05, 0.1) is 5.69 Å². The standard InChI is InChI=1S/C20H18N4O/c1-14-4-2-5-15-10-13-24(18(14)15)19(25)16-6-8-17(9-7-16)23-20-21-11-3-12-22-20/h2-9,11-12H,10,13H2,1H3,(H,21,22,23). The molecule has 1 aromatic heterocycles. The average Bonchev–Trinajstić information content (AvgIpc) is 3.08. The van der Waals surface area contributed by atoms with Gasteiger partial charge in [-0.2, -0.15) is 0 Å². The summed E-state index contributed by atoms with van der Waals surface area (Å²) in [7, 11) is 0. The molecule has 0 bridgehead atoms. The van der Waals surface area contributed by atoms with Gasteiger partial charge in [-0.25, -0.2) is 9.97 Å². The van der Waals surface area contributed by atoms with Gasteiger partial charge >= 0.3 is 0 Å². The maximum absolute atomic E-state index is 12.9. The van der Waals surface area contributed by atoms with Crippen molar-refractivity contribution in [2.45, 2.75) is 13.3 Å². The molecule has 0 spiro atoms. The number of nitrogens with zero attached hydrogens (tertiary/aromatic N) is 3. The Morgan fingerprint density at radius 1 is 1.04 bits per heavy atom. The summed E-state index contributed by atoms with van der Waals surface area (Å²) in [6.07, 6.45) is 4.27. The number of amides is 1. The highest BCUT2D eigenvalue weighted by Crippen LogP contribution is 2.32. The minimum Gasteiger partial charge on any atom is -0.324 e. The summed E-state index contributed by atoms with van der Waals surface area (Å²) >= 11 is 0. The zero-order chi connectivity index (χ0) is 17.2. The molecule has 2 heterocycles. The van der Waals surface area contributed by atoms with E-state index in [0.29, 0.717) is 11.5 Å². The van der Waals surface area contributed by atoms with Gasteiger partial charge in [-0.1, -0.05) is 18.2 Å². The Kier molecular flexibility index (Phi) is 3.90. The number of nitrogens with one attached hydrogen (secondary N) is 1. The summed E-state index contributed by atoms with van der Waals surface area (Å²) in [4.78, 5) is 23.1. The van der Waals surface area contributed by atoms with Crippen molar-refractivity contribution >= 4 is 23.2 Å². The number of para-hydroxylation sites is 1. The fourth-order valence-electron chi connectivity index (χ4n) is 3.20. The number of benzene rings is 2. The number of aryl methyl sites for hydroxylation is 1. The minimum absolute atomic E-state index is 0.0376. The SMILES string of the molecule is Cc1cccc2c1N(C(=O)c1ccc(Nc3ncccn3)cc1)CC2. The molecule has 1 aliphatic heterocycles. The van der Waals surface area contributed by atoms with Gasteiger partial charge in [0, 0.05) is 30.2 Å². The van der Waals surface area contributed by atoms with Gasteiger partial charge in [0.1, 0.15) is 0 Å². The highest BCUT2D eigenvalue weighted by Gasteiger charge is 2.26. The van der Waals surface area contributed by atoms with Crippen molar-refractivity contribution in [3.8, 4) is 0 Å². The summed E-state index contributed by atoms with van der Waals surface area (Å²) in [6, 6.07) is 15.4. The van der Waals surface area contributed by atoms with E-state index in [-0.39, 0.29) is 5.91 Å². The topological polar surface area (TPSA) is 58.1 Å². The van der Waals surface area contributed by atoms with Crippen molar-refractivity contribution in [3.05, 3.63) is 77.6 Å². The Bertz CT molecular complexity index is 907. The molecule has 1 amide bonds. The minimum atomic E-state index is 0.0376. The molecule has 5 heteroatoms. The highest BCUT2D eigenvalue weighted by molar-refractivity contribution is 6.07. The third-order valence-corrected chi connectivity index (χ3v) is 4.39.